The summed E-state index contributed by atoms with van der Waals surface area (Å²) in [5, 5.41) is 7.05. The lowest BCUT2D eigenvalue weighted by atomic mass is 9.86. The summed E-state index contributed by atoms with van der Waals surface area (Å²) in [6.45, 7) is 8.73. The third-order valence-electron chi connectivity index (χ3n) is 4.23. The normalized spacial score (nSPS) is 12.2. The van der Waals surface area contributed by atoms with E-state index in [0.29, 0.717) is 16.6 Å². The molecular weight excluding hydrogens is 344 g/mol. The van der Waals surface area contributed by atoms with Gasteiger partial charge in [-0.25, -0.2) is 0 Å². The monoisotopic (exact) mass is 372 g/mol. The van der Waals surface area contributed by atoms with Crippen LogP contribution in [0, 0.1) is 0 Å². The second-order valence-corrected chi connectivity index (χ2v) is 7.70. The topological polar surface area (TPSA) is 42.5 Å². The Morgan fingerprint density at radius 2 is 1.50 bits per heavy atom. The standard InChI is InChI=1S/C21H28N2O2S/c1-14(15-7-9-16(10-8-15)21(2,3)4)22-20(26)23-17-11-18(24-5)13-19(12-17)25-6/h7-14H,1-6H3,(H2,22,23,26). The van der Waals surface area contributed by atoms with Crippen molar-refractivity contribution in [1.82, 2.24) is 5.32 Å². The van der Waals surface area contributed by atoms with E-state index >= 15 is 0 Å². The second kappa shape index (κ2) is 8.41. The summed E-state index contributed by atoms with van der Waals surface area (Å²) >= 11 is 5.45. The minimum atomic E-state index is 0.0940. The molecule has 0 radical (unpaired) electrons. The fourth-order valence-corrected chi connectivity index (χ4v) is 2.89. The zero-order chi connectivity index (χ0) is 19.3. The van der Waals surface area contributed by atoms with Crippen LogP contribution in [0.4, 0.5) is 5.69 Å². The van der Waals surface area contributed by atoms with Gasteiger partial charge in [0, 0.05) is 23.9 Å². The highest BCUT2D eigenvalue weighted by atomic mass is 32.1. The Kier molecular flexibility index (Phi) is 6.48. The lowest BCUT2D eigenvalue weighted by Gasteiger charge is -2.21. The first kappa shape index (κ1) is 20.0. The Labute approximate surface area is 161 Å². The van der Waals surface area contributed by atoms with Crippen molar-refractivity contribution in [2.45, 2.75) is 39.2 Å². The summed E-state index contributed by atoms with van der Waals surface area (Å²) in [5.41, 5.74) is 3.47. The van der Waals surface area contributed by atoms with Crippen molar-refractivity contribution in [3.05, 3.63) is 53.6 Å². The van der Waals surface area contributed by atoms with Crippen LogP contribution in [0.1, 0.15) is 44.9 Å². The predicted molar refractivity (Wildman–Crippen MR) is 112 cm³/mol. The molecule has 0 aliphatic rings. The minimum Gasteiger partial charge on any atom is -0.497 e. The van der Waals surface area contributed by atoms with Gasteiger partial charge in [-0.15, -0.1) is 0 Å². The van der Waals surface area contributed by atoms with Gasteiger partial charge in [-0.05, 0) is 35.7 Å². The van der Waals surface area contributed by atoms with E-state index in [-0.39, 0.29) is 11.5 Å². The van der Waals surface area contributed by atoms with Gasteiger partial charge in [0.1, 0.15) is 11.5 Å². The van der Waals surface area contributed by atoms with Gasteiger partial charge in [0.25, 0.3) is 0 Å². The quantitative estimate of drug-likeness (QED) is 0.719. The highest BCUT2D eigenvalue weighted by molar-refractivity contribution is 7.80. The highest BCUT2D eigenvalue weighted by Gasteiger charge is 2.14. The van der Waals surface area contributed by atoms with E-state index in [9.17, 15) is 0 Å². The first-order valence-corrected chi connectivity index (χ1v) is 9.05. The van der Waals surface area contributed by atoms with Gasteiger partial charge >= 0.3 is 0 Å². The zero-order valence-electron chi connectivity index (χ0n) is 16.3. The van der Waals surface area contributed by atoms with Crippen LogP contribution in [0.15, 0.2) is 42.5 Å². The van der Waals surface area contributed by atoms with Crippen LogP contribution in [0.5, 0.6) is 11.5 Å². The number of ether oxygens (including phenoxy) is 2. The Balaban J connectivity index is 2.03. The number of benzene rings is 2. The predicted octanol–water partition coefficient (Wildman–Crippen LogP) is 5.05. The van der Waals surface area contributed by atoms with Crippen molar-refractivity contribution in [3.63, 3.8) is 0 Å². The molecular formula is C21H28N2O2S. The van der Waals surface area contributed by atoms with E-state index in [2.05, 4.69) is 62.6 Å². The maximum Gasteiger partial charge on any atom is 0.171 e. The fraction of sp³-hybridized carbons (Fsp3) is 0.381. The number of thiocarbonyl (C=S) groups is 1. The van der Waals surface area contributed by atoms with E-state index in [1.165, 1.54) is 11.1 Å². The summed E-state index contributed by atoms with van der Waals surface area (Å²) < 4.78 is 10.6. The Morgan fingerprint density at radius 3 is 1.96 bits per heavy atom. The van der Waals surface area contributed by atoms with Crippen molar-refractivity contribution in [2.24, 2.45) is 0 Å². The van der Waals surface area contributed by atoms with Crippen LogP contribution in [-0.4, -0.2) is 19.3 Å². The molecule has 4 nitrogen and oxygen atoms in total. The van der Waals surface area contributed by atoms with Crippen molar-refractivity contribution in [3.8, 4) is 11.5 Å². The van der Waals surface area contributed by atoms with Crippen LogP contribution in [0.25, 0.3) is 0 Å². The van der Waals surface area contributed by atoms with E-state index in [1.807, 2.05) is 18.2 Å². The minimum absolute atomic E-state index is 0.0940. The average Bonchev–Trinajstić information content (AvgIpc) is 2.60. The third-order valence-corrected chi connectivity index (χ3v) is 4.45. The van der Waals surface area contributed by atoms with E-state index in [4.69, 9.17) is 21.7 Å². The molecule has 2 aromatic rings. The molecule has 2 N–H and O–H groups in total. The summed E-state index contributed by atoms with van der Waals surface area (Å²) in [6, 6.07) is 14.3. The van der Waals surface area contributed by atoms with E-state index in [0.717, 1.165) is 5.69 Å². The largest absolute Gasteiger partial charge is 0.497 e. The van der Waals surface area contributed by atoms with Gasteiger partial charge in [-0.2, -0.15) is 0 Å². The van der Waals surface area contributed by atoms with Crippen molar-refractivity contribution in [2.75, 3.05) is 19.5 Å². The van der Waals surface area contributed by atoms with Crippen LogP contribution < -0.4 is 20.1 Å². The van der Waals surface area contributed by atoms with Gasteiger partial charge < -0.3 is 20.1 Å². The molecule has 0 saturated heterocycles. The summed E-state index contributed by atoms with van der Waals surface area (Å²) in [4.78, 5) is 0. The molecule has 0 aromatic heterocycles. The first-order chi connectivity index (χ1) is 12.2. The third kappa shape index (κ3) is 5.36. The molecule has 0 aliphatic heterocycles. The Bertz CT molecular complexity index is 729. The smallest absolute Gasteiger partial charge is 0.171 e. The molecule has 5 heteroatoms. The lowest BCUT2D eigenvalue weighted by molar-refractivity contribution is 0.395. The molecule has 1 atom stereocenters. The molecule has 0 spiro atoms. The average molecular weight is 373 g/mol. The first-order valence-electron chi connectivity index (χ1n) is 8.64. The van der Waals surface area contributed by atoms with Gasteiger partial charge in [-0.1, -0.05) is 45.0 Å². The molecule has 0 aliphatic carbocycles. The Hall–Kier alpha value is -2.27. The molecule has 0 saturated carbocycles. The molecule has 0 fully saturated rings. The number of hydrogen-bond donors (Lipinski definition) is 2. The van der Waals surface area contributed by atoms with Crippen LogP contribution in [0.2, 0.25) is 0 Å². The Morgan fingerprint density at radius 1 is 0.962 bits per heavy atom. The molecule has 0 heterocycles. The molecule has 26 heavy (non-hydrogen) atoms. The van der Waals surface area contributed by atoms with Crippen molar-refractivity contribution >= 4 is 23.0 Å². The van der Waals surface area contributed by atoms with Crippen LogP contribution >= 0.6 is 12.2 Å². The molecule has 0 amide bonds. The van der Waals surface area contributed by atoms with Crippen molar-refractivity contribution < 1.29 is 9.47 Å². The summed E-state index contributed by atoms with van der Waals surface area (Å²) in [7, 11) is 3.25. The van der Waals surface area contributed by atoms with Crippen LogP contribution in [0.3, 0.4) is 0 Å². The highest BCUT2D eigenvalue weighted by Crippen LogP contribution is 2.26. The molecule has 140 valence electrons. The van der Waals surface area contributed by atoms with Gasteiger partial charge in [-0.3, -0.25) is 0 Å². The fourth-order valence-electron chi connectivity index (χ4n) is 2.60. The van der Waals surface area contributed by atoms with Crippen molar-refractivity contribution in [1.29, 1.82) is 0 Å². The van der Waals surface area contributed by atoms with E-state index < -0.39 is 0 Å². The maximum absolute atomic E-state index is 5.45. The molecule has 2 aromatic carbocycles. The van der Waals surface area contributed by atoms with Gasteiger partial charge in [0.2, 0.25) is 0 Å². The summed E-state index contributed by atoms with van der Waals surface area (Å²) in [5.74, 6) is 1.42. The van der Waals surface area contributed by atoms with Crippen LogP contribution in [-0.2, 0) is 5.41 Å². The number of anilines is 1. The maximum atomic E-state index is 5.45. The van der Waals surface area contributed by atoms with Gasteiger partial charge in [0.15, 0.2) is 5.11 Å². The second-order valence-electron chi connectivity index (χ2n) is 7.29. The zero-order valence-corrected chi connectivity index (χ0v) is 17.2. The molecule has 1 unspecified atom stereocenters. The lowest BCUT2D eigenvalue weighted by Crippen LogP contribution is -2.31. The number of methoxy groups -OCH3 is 2. The number of hydrogen-bond acceptors (Lipinski definition) is 3. The van der Waals surface area contributed by atoms with E-state index in [1.54, 1.807) is 14.2 Å². The molecule has 2 rings (SSSR count). The summed E-state index contributed by atoms with van der Waals surface area (Å²) in [6.07, 6.45) is 0. The number of nitrogens with one attached hydrogen (secondary N) is 2. The molecule has 0 bridgehead atoms. The number of rotatable bonds is 5. The SMILES string of the molecule is COc1cc(NC(=S)NC(C)c2ccc(C(C)(C)C)cc2)cc(OC)c1. The van der Waals surface area contributed by atoms with Gasteiger partial charge in [0.05, 0.1) is 20.3 Å².